The molecular formula is C19H16N2O4. The fraction of sp³-hybridized carbons (Fsp3) is 0.105. The number of aliphatic hydroxyl groups is 1. The number of amides is 3. The summed E-state index contributed by atoms with van der Waals surface area (Å²) in [6.45, 7) is 3.29. The molecule has 0 saturated carbocycles. The second-order valence-corrected chi connectivity index (χ2v) is 5.76. The maximum atomic E-state index is 12.7. The molecule has 0 aliphatic carbocycles. The zero-order chi connectivity index (χ0) is 18.1. The summed E-state index contributed by atoms with van der Waals surface area (Å²) >= 11 is 0. The number of hydrogen-bond acceptors (Lipinski definition) is 4. The third-order valence-electron chi connectivity index (χ3n) is 3.85. The van der Waals surface area contributed by atoms with Gasteiger partial charge in [-0.05, 0) is 36.8 Å². The molecule has 3 amide bonds. The van der Waals surface area contributed by atoms with Crippen molar-refractivity contribution in [2.24, 2.45) is 0 Å². The molecule has 0 bridgehead atoms. The Morgan fingerprint density at radius 3 is 2.12 bits per heavy atom. The van der Waals surface area contributed by atoms with Gasteiger partial charge in [-0.1, -0.05) is 29.8 Å². The smallest absolute Gasteiger partial charge is 0.301 e. The number of benzene rings is 2. The predicted molar refractivity (Wildman–Crippen MR) is 94.0 cm³/mol. The van der Waals surface area contributed by atoms with Crippen LogP contribution in [0, 0.1) is 6.92 Å². The number of carbonyl (C=O) groups is 3. The van der Waals surface area contributed by atoms with Crippen LogP contribution in [-0.2, 0) is 14.4 Å². The van der Waals surface area contributed by atoms with E-state index in [1.165, 1.54) is 19.1 Å². The molecule has 25 heavy (non-hydrogen) atoms. The van der Waals surface area contributed by atoms with Gasteiger partial charge in [0.1, 0.15) is 0 Å². The number of imide groups is 1. The number of nitrogens with zero attached hydrogens (tertiary/aromatic N) is 1. The van der Waals surface area contributed by atoms with Gasteiger partial charge in [0.25, 0.3) is 5.91 Å². The van der Waals surface area contributed by atoms with E-state index in [4.69, 9.17) is 0 Å². The first-order valence-electron chi connectivity index (χ1n) is 7.65. The quantitative estimate of drug-likeness (QED) is 0.844. The van der Waals surface area contributed by atoms with E-state index in [0.717, 1.165) is 10.5 Å². The SMILES string of the molecule is CC(=O)Nc1ccc(N2C(=O)C(O)=C(c3ccc(C)cc3)C2=O)cc1. The maximum absolute atomic E-state index is 12.7. The van der Waals surface area contributed by atoms with Crippen LogP contribution in [0.2, 0.25) is 0 Å². The summed E-state index contributed by atoms with van der Waals surface area (Å²) in [6.07, 6.45) is 0. The van der Waals surface area contributed by atoms with Gasteiger partial charge in [0, 0.05) is 12.6 Å². The van der Waals surface area contributed by atoms with Crippen molar-refractivity contribution in [3.05, 3.63) is 65.4 Å². The molecule has 1 heterocycles. The van der Waals surface area contributed by atoms with Crippen molar-refractivity contribution in [2.45, 2.75) is 13.8 Å². The summed E-state index contributed by atoms with van der Waals surface area (Å²) < 4.78 is 0. The van der Waals surface area contributed by atoms with Crippen molar-refractivity contribution in [2.75, 3.05) is 10.2 Å². The Hall–Kier alpha value is -3.41. The molecule has 0 spiro atoms. The fourth-order valence-corrected chi connectivity index (χ4v) is 2.63. The third kappa shape index (κ3) is 3.01. The summed E-state index contributed by atoms with van der Waals surface area (Å²) in [5.41, 5.74) is 2.34. The highest BCUT2D eigenvalue weighted by atomic mass is 16.3. The molecule has 3 rings (SSSR count). The zero-order valence-electron chi connectivity index (χ0n) is 13.7. The van der Waals surface area contributed by atoms with Crippen LogP contribution < -0.4 is 10.2 Å². The average Bonchev–Trinajstić information content (AvgIpc) is 2.79. The van der Waals surface area contributed by atoms with E-state index < -0.39 is 17.6 Å². The zero-order valence-corrected chi connectivity index (χ0v) is 13.7. The molecule has 0 unspecified atom stereocenters. The average molecular weight is 336 g/mol. The van der Waals surface area contributed by atoms with E-state index in [1.807, 2.05) is 6.92 Å². The lowest BCUT2D eigenvalue weighted by molar-refractivity contribution is -0.121. The molecule has 6 nitrogen and oxygen atoms in total. The summed E-state index contributed by atoms with van der Waals surface area (Å²) in [7, 11) is 0. The number of anilines is 2. The topological polar surface area (TPSA) is 86.7 Å². The monoisotopic (exact) mass is 336 g/mol. The van der Waals surface area contributed by atoms with E-state index in [-0.39, 0.29) is 11.5 Å². The summed E-state index contributed by atoms with van der Waals surface area (Å²) in [6, 6.07) is 13.2. The molecule has 6 heteroatoms. The van der Waals surface area contributed by atoms with E-state index >= 15 is 0 Å². The summed E-state index contributed by atoms with van der Waals surface area (Å²) in [5, 5.41) is 12.8. The van der Waals surface area contributed by atoms with E-state index in [2.05, 4.69) is 5.32 Å². The van der Waals surface area contributed by atoms with Crippen LogP contribution in [0.1, 0.15) is 18.1 Å². The number of hydrogen-bond donors (Lipinski definition) is 2. The van der Waals surface area contributed by atoms with Gasteiger partial charge in [-0.25, -0.2) is 4.90 Å². The standard InChI is InChI=1S/C19H16N2O4/c1-11-3-5-13(6-4-11)16-17(23)19(25)21(18(16)24)15-9-7-14(8-10-15)20-12(2)22/h3-10,23H,1-2H3,(H,20,22). The first kappa shape index (κ1) is 16.4. The maximum Gasteiger partial charge on any atom is 0.301 e. The van der Waals surface area contributed by atoms with Gasteiger partial charge < -0.3 is 10.4 Å². The predicted octanol–water partition coefficient (Wildman–Crippen LogP) is 2.80. The van der Waals surface area contributed by atoms with Gasteiger partial charge in [0.2, 0.25) is 5.91 Å². The lowest BCUT2D eigenvalue weighted by Crippen LogP contribution is -2.31. The number of nitrogens with one attached hydrogen (secondary N) is 1. The summed E-state index contributed by atoms with van der Waals surface area (Å²) in [5.74, 6) is -2.15. The highest BCUT2D eigenvalue weighted by Gasteiger charge is 2.40. The molecule has 0 saturated heterocycles. The molecule has 1 aliphatic rings. The first-order chi connectivity index (χ1) is 11.9. The molecule has 0 fully saturated rings. The van der Waals surface area contributed by atoms with E-state index in [1.54, 1.807) is 36.4 Å². The second-order valence-electron chi connectivity index (χ2n) is 5.76. The minimum Gasteiger partial charge on any atom is -0.502 e. The molecule has 126 valence electrons. The molecule has 1 aliphatic heterocycles. The largest absolute Gasteiger partial charge is 0.502 e. The number of carbonyl (C=O) groups excluding carboxylic acids is 3. The van der Waals surface area contributed by atoms with Crippen molar-refractivity contribution < 1.29 is 19.5 Å². The Labute approximate surface area is 144 Å². The molecule has 2 N–H and O–H groups in total. The van der Waals surface area contributed by atoms with Crippen molar-refractivity contribution in [3.8, 4) is 0 Å². The normalized spacial score (nSPS) is 14.2. The van der Waals surface area contributed by atoms with Gasteiger partial charge in [-0.3, -0.25) is 14.4 Å². The van der Waals surface area contributed by atoms with Gasteiger partial charge in [-0.2, -0.15) is 0 Å². The lowest BCUT2D eigenvalue weighted by Gasteiger charge is -2.15. The van der Waals surface area contributed by atoms with Gasteiger partial charge in [0.05, 0.1) is 11.3 Å². The Balaban J connectivity index is 1.93. The Morgan fingerprint density at radius 1 is 0.960 bits per heavy atom. The minimum absolute atomic E-state index is 0.0177. The van der Waals surface area contributed by atoms with E-state index in [0.29, 0.717) is 16.9 Å². The number of aryl methyl sites for hydroxylation is 1. The Kier molecular flexibility index (Phi) is 4.10. The van der Waals surface area contributed by atoms with Crippen LogP contribution >= 0.6 is 0 Å². The molecule has 2 aromatic rings. The van der Waals surface area contributed by atoms with E-state index in [9.17, 15) is 19.5 Å². The first-order valence-corrected chi connectivity index (χ1v) is 7.65. The van der Waals surface area contributed by atoms with Crippen molar-refractivity contribution in [1.29, 1.82) is 0 Å². The van der Waals surface area contributed by atoms with Crippen LogP contribution in [0.25, 0.3) is 5.57 Å². The van der Waals surface area contributed by atoms with Crippen LogP contribution in [-0.4, -0.2) is 22.8 Å². The molecule has 0 aromatic heterocycles. The van der Waals surface area contributed by atoms with Crippen LogP contribution in [0.3, 0.4) is 0 Å². The highest BCUT2D eigenvalue weighted by molar-refractivity contribution is 6.44. The van der Waals surface area contributed by atoms with Crippen LogP contribution in [0.15, 0.2) is 54.3 Å². The lowest BCUT2D eigenvalue weighted by atomic mass is 10.0. The summed E-state index contributed by atoms with van der Waals surface area (Å²) in [4.78, 5) is 37.0. The Morgan fingerprint density at radius 2 is 1.56 bits per heavy atom. The van der Waals surface area contributed by atoms with Crippen molar-refractivity contribution >= 4 is 34.7 Å². The van der Waals surface area contributed by atoms with Crippen LogP contribution in [0.4, 0.5) is 11.4 Å². The molecule has 2 aromatic carbocycles. The van der Waals surface area contributed by atoms with Gasteiger partial charge in [0.15, 0.2) is 5.76 Å². The molecule has 0 radical (unpaired) electrons. The number of rotatable bonds is 3. The van der Waals surface area contributed by atoms with Crippen molar-refractivity contribution in [3.63, 3.8) is 0 Å². The van der Waals surface area contributed by atoms with Gasteiger partial charge >= 0.3 is 5.91 Å². The fourth-order valence-electron chi connectivity index (χ4n) is 2.63. The highest BCUT2D eigenvalue weighted by Crippen LogP contribution is 2.32. The number of aliphatic hydroxyl groups excluding tert-OH is 1. The molecule has 0 atom stereocenters. The third-order valence-corrected chi connectivity index (χ3v) is 3.85. The Bertz CT molecular complexity index is 896. The van der Waals surface area contributed by atoms with Crippen molar-refractivity contribution in [1.82, 2.24) is 0 Å². The second kappa shape index (κ2) is 6.24. The van der Waals surface area contributed by atoms with Gasteiger partial charge in [-0.15, -0.1) is 0 Å². The van der Waals surface area contributed by atoms with Crippen LogP contribution in [0.5, 0.6) is 0 Å². The minimum atomic E-state index is -0.771. The molecular weight excluding hydrogens is 320 g/mol.